The summed E-state index contributed by atoms with van der Waals surface area (Å²) in [6, 6.07) is 0. The van der Waals surface area contributed by atoms with Crippen molar-refractivity contribution in [2.75, 3.05) is 6.61 Å². The molecule has 4 heteroatoms. The van der Waals surface area contributed by atoms with Crippen molar-refractivity contribution in [3.05, 3.63) is 23.3 Å². The van der Waals surface area contributed by atoms with Crippen molar-refractivity contribution in [3.63, 3.8) is 0 Å². The molecule has 1 atom stereocenters. The molecule has 0 aromatic rings. The second kappa shape index (κ2) is 5.06. The van der Waals surface area contributed by atoms with Gasteiger partial charge in [-0.05, 0) is 12.8 Å². The second-order valence-corrected chi connectivity index (χ2v) is 4.59. The predicted molar refractivity (Wildman–Crippen MR) is 65.8 cm³/mol. The maximum atomic E-state index is 12.5. The van der Waals surface area contributed by atoms with Gasteiger partial charge in [0.25, 0.3) is 0 Å². The van der Waals surface area contributed by atoms with E-state index in [-0.39, 0.29) is 12.4 Å². The first-order chi connectivity index (χ1) is 8.64. The van der Waals surface area contributed by atoms with Gasteiger partial charge < -0.3 is 9.47 Å². The summed E-state index contributed by atoms with van der Waals surface area (Å²) in [5.74, 6) is -2.13. The van der Waals surface area contributed by atoms with Crippen molar-refractivity contribution in [1.82, 2.24) is 0 Å². The fourth-order valence-corrected chi connectivity index (χ4v) is 2.38. The van der Waals surface area contributed by atoms with Gasteiger partial charge >= 0.3 is 11.8 Å². The van der Waals surface area contributed by atoms with Crippen LogP contribution in [0.15, 0.2) is 23.3 Å². The van der Waals surface area contributed by atoms with Crippen molar-refractivity contribution >= 4 is 11.8 Å². The van der Waals surface area contributed by atoms with Crippen molar-refractivity contribution in [1.29, 1.82) is 0 Å². The van der Waals surface area contributed by atoms with Crippen LogP contribution in [0.2, 0.25) is 0 Å². The van der Waals surface area contributed by atoms with Crippen LogP contribution < -0.4 is 0 Å². The van der Waals surface area contributed by atoms with Crippen LogP contribution in [-0.2, 0) is 19.1 Å². The monoisotopic (exact) mass is 250 g/mol. The van der Waals surface area contributed by atoms with Crippen LogP contribution >= 0.6 is 0 Å². The smallest absolute Gasteiger partial charge is 0.335 e. The number of rotatable bonds is 4. The summed E-state index contributed by atoms with van der Waals surface area (Å²) >= 11 is 0. The van der Waals surface area contributed by atoms with Crippen LogP contribution in [0.25, 0.3) is 0 Å². The molecule has 1 spiro atoms. The van der Waals surface area contributed by atoms with E-state index in [9.17, 15) is 9.59 Å². The molecule has 0 aromatic heterocycles. The molecule has 18 heavy (non-hydrogen) atoms. The van der Waals surface area contributed by atoms with E-state index in [0.29, 0.717) is 18.4 Å². The first kappa shape index (κ1) is 13.0. The number of allylic oxidation sites excluding steroid dienone is 2. The minimum absolute atomic E-state index is 0.147. The minimum Gasteiger partial charge on any atom is -0.419 e. The van der Waals surface area contributed by atoms with Gasteiger partial charge in [0.15, 0.2) is 0 Å². The number of ketones is 1. The molecule has 2 rings (SSSR count). The quantitative estimate of drug-likeness (QED) is 0.718. The summed E-state index contributed by atoms with van der Waals surface area (Å²) in [4.78, 5) is 23.8. The molecule has 2 aliphatic rings. The molecule has 1 unspecified atom stereocenters. The highest BCUT2D eigenvalue weighted by molar-refractivity contribution is 6.06. The summed E-state index contributed by atoms with van der Waals surface area (Å²) < 4.78 is 10.6. The fraction of sp³-hybridized carbons (Fsp3) is 0.571. The highest BCUT2D eigenvalue weighted by Crippen LogP contribution is 2.38. The van der Waals surface area contributed by atoms with Crippen LogP contribution in [0, 0.1) is 0 Å². The first-order valence-electron chi connectivity index (χ1n) is 6.44. The zero-order valence-corrected chi connectivity index (χ0v) is 10.8. The van der Waals surface area contributed by atoms with Crippen molar-refractivity contribution < 1.29 is 19.1 Å². The maximum Gasteiger partial charge on any atom is 0.335 e. The Labute approximate surface area is 107 Å². The number of Topliss-reactive ketones (excluding diaryl/α,β-unsaturated/α-hetero) is 1. The molecular weight excluding hydrogens is 232 g/mol. The van der Waals surface area contributed by atoms with E-state index < -0.39 is 11.8 Å². The van der Waals surface area contributed by atoms with Crippen molar-refractivity contribution in [3.8, 4) is 0 Å². The van der Waals surface area contributed by atoms with E-state index >= 15 is 0 Å². The zero-order chi connectivity index (χ0) is 13.2. The third-order valence-corrected chi connectivity index (χ3v) is 3.19. The number of carbonyl (C=O) groups excluding carboxylic acids is 2. The third-order valence-electron chi connectivity index (χ3n) is 3.19. The number of hydrogen-bond acceptors (Lipinski definition) is 4. The number of hydrogen-bond donors (Lipinski definition) is 0. The fourth-order valence-electron chi connectivity index (χ4n) is 2.38. The van der Waals surface area contributed by atoms with Gasteiger partial charge in [-0.25, -0.2) is 4.79 Å². The summed E-state index contributed by atoms with van der Waals surface area (Å²) in [6.45, 7) is 3.88. The Balaban J connectivity index is 2.36. The van der Waals surface area contributed by atoms with Gasteiger partial charge in [-0.1, -0.05) is 38.8 Å². The molecule has 0 aromatic carbocycles. The lowest BCUT2D eigenvalue weighted by molar-refractivity contribution is -0.172. The van der Waals surface area contributed by atoms with Crippen molar-refractivity contribution in [2.24, 2.45) is 0 Å². The Kier molecular flexibility index (Phi) is 3.66. The van der Waals surface area contributed by atoms with E-state index in [0.717, 1.165) is 18.4 Å². The topological polar surface area (TPSA) is 52.6 Å². The molecule has 0 bridgehead atoms. The second-order valence-electron chi connectivity index (χ2n) is 4.59. The van der Waals surface area contributed by atoms with E-state index in [2.05, 4.69) is 0 Å². The Bertz CT molecular complexity index is 433. The number of esters is 1. The van der Waals surface area contributed by atoms with Crippen LogP contribution in [0.3, 0.4) is 0 Å². The highest BCUT2D eigenvalue weighted by atomic mass is 16.8. The van der Waals surface area contributed by atoms with Gasteiger partial charge in [-0.3, -0.25) is 4.79 Å². The average molecular weight is 250 g/mol. The Morgan fingerprint density at radius 2 is 1.89 bits per heavy atom. The van der Waals surface area contributed by atoms with Gasteiger partial charge in [0.2, 0.25) is 5.78 Å². The van der Waals surface area contributed by atoms with Gasteiger partial charge in [-0.15, -0.1) is 0 Å². The zero-order valence-electron chi connectivity index (χ0n) is 10.8. The summed E-state index contributed by atoms with van der Waals surface area (Å²) in [5, 5.41) is 0. The molecule has 0 N–H and O–H groups in total. The molecule has 1 saturated heterocycles. The van der Waals surface area contributed by atoms with Gasteiger partial charge in [-0.2, -0.15) is 0 Å². The lowest BCUT2D eigenvalue weighted by Crippen LogP contribution is -2.44. The molecule has 1 fully saturated rings. The maximum absolute atomic E-state index is 12.5. The number of carbonyl (C=O) groups is 2. The Hall–Kier alpha value is -1.42. The van der Waals surface area contributed by atoms with Crippen molar-refractivity contribution in [2.45, 2.75) is 45.3 Å². The summed E-state index contributed by atoms with van der Waals surface area (Å²) in [5.41, 5.74) is 1.42. The van der Waals surface area contributed by atoms with Gasteiger partial charge in [0.05, 0.1) is 0 Å². The van der Waals surface area contributed by atoms with E-state index in [4.69, 9.17) is 9.47 Å². The molecule has 0 radical (unpaired) electrons. The van der Waals surface area contributed by atoms with E-state index in [1.807, 2.05) is 26.0 Å². The minimum atomic E-state index is -1.45. The van der Waals surface area contributed by atoms with E-state index in [1.165, 1.54) is 0 Å². The average Bonchev–Trinajstić information content (AvgIpc) is 2.73. The largest absolute Gasteiger partial charge is 0.419 e. The van der Waals surface area contributed by atoms with Gasteiger partial charge in [0, 0.05) is 11.1 Å². The Morgan fingerprint density at radius 3 is 2.44 bits per heavy atom. The third kappa shape index (κ3) is 2.01. The van der Waals surface area contributed by atoms with Gasteiger partial charge in [0.1, 0.15) is 6.61 Å². The molecule has 4 nitrogen and oxygen atoms in total. The molecule has 1 aliphatic carbocycles. The SMILES string of the molecule is CCCC1=CC=C(CCC)C2(OCC(=O)O2)C1=O. The van der Waals surface area contributed by atoms with Crippen LogP contribution in [0.1, 0.15) is 39.5 Å². The van der Waals surface area contributed by atoms with Crippen LogP contribution in [0.5, 0.6) is 0 Å². The Morgan fingerprint density at radius 1 is 1.17 bits per heavy atom. The normalized spacial score (nSPS) is 27.2. The van der Waals surface area contributed by atoms with E-state index in [1.54, 1.807) is 0 Å². The molecule has 0 saturated carbocycles. The highest BCUT2D eigenvalue weighted by Gasteiger charge is 2.53. The molecule has 1 heterocycles. The molecule has 98 valence electrons. The lowest BCUT2D eigenvalue weighted by Gasteiger charge is -2.30. The van der Waals surface area contributed by atoms with Crippen LogP contribution in [0.4, 0.5) is 0 Å². The predicted octanol–water partition coefficient (Wildman–Crippen LogP) is 2.29. The number of ether oxygens (including phenoxy) is 2. The molecule has 1 aliphatic heterocycles. The molecular formula is C14H18O4. The summed E-state index contributed by atoms with van der Waals surface area (Å²) in [7, 11) is 0. The summed E-state index contributed by atoms with van der Waals surface area (Å²) in [6.07, 6.45) is 6.82. The van der Waals surface area contributed by atoms with Crippen LogP contribution in [-0.4, -0.2) is 24.1 Å². The lowest BCUT2D eigenvalue weighted by atomic mass is 9.86. The standard InChI is InChI=1S/C14H18O4/c1-3-5-10-7-8-11(6-4-2)14(13(10)16)17-9-12(15)18-14/h7-8H,3-6,9H2,1-2H3. The first-order valence-corrected chi connectivity index (χ1v) is 6.44. The molecule has 0 amide bonds.